The highest BCUT2D eigenvalue weighted by Gasteiger charge is 2.64. The fourth-order valence-electron chi connectivity index (χ4n) is 9.13. The number of hydrogen-bond donors (Lipinski definition) is 0. The van der Waals surface area contributed by atoms with Crippen LogP contribution < -0.4 is 0 Å². The van der Waals surface area contributed by atoms with Gasteiger partial charge in [0.15, 0.2) is 0 Å². The fraction of sp³-hybridized carbons (Fsp3) is 0.741. The SMILES string of the molecule is CC1C2CCC3C4CC=C5CC(OC(=O)c6ccco6)CCC5(C)C4CCC32CN1C. The molecular formula is C27H37NO3. The smallest absolute Gasteiger partial charge is 0.374 e. The third-order valence-corrected chi connectivity index (χ3v) is 10.7. The number of fused-ring (bicyclic) bond motifs is 4. The fourth-order valence-corrected chi connectivity index (χ4v) is 9.13. The second kappa shape index (κ2) is 6.97. The van der Waals surface area contributed by atoms with Gasteiger partial charge in [-0.25, -0.2) is 4.79 Å². The maximum absolute atomic E-state index is 12.4. The van der Waals surface area contributed by atoms with Crippen LogP contribution in [0.3, 0.4) is 0 Å². The van der Waals surface area contributed by atoms with Crippen molar-refractivity contribution in [1.82, 2.24) is 4.90 Å². The Bertz CT molecular complexity index is 890. The Morgan fingerprint density at radius 1 is 1.16 bits per heavy atom. The van der Waals surface area contributed by atoms with Crippen molar-refractivity contribution in [3.05, 3.63) is 35.8 Å². The minimum absolute atomic E-state index is 0.0106. The van der Waals surface area contributed by atoms with Gasteiger partial charge in [-0.2, -0.15) is 0 Å². The van der Waals surface area contributed by atoms with E-state index in [0.29, 0.717) is 16.6 Å². The molecule has 2 heterocycles. The maximum atomic E-state index is 12.4. The summed E-state index contributed by atoms with van der Waals surface area (Å²) in [5, 5.41) is 0. The van der Waals surface area contributed by atoms with E-state index >= 15 is 0 Å². The first-order chi connectivity index (χ1) is 14.9. The summed E-state index contributed by atoms with van der Waals surface area (Å²) < 4.78 is 11.1. The van der Waals surface area contributed by atoms with Crippen molar-refractivity contribution in [2.45, 2.75) is 77.4 Å². The summed E-state index contributed by atoms with van der Waals surface area (Å²) in [6.07, 6.45) is 14.1. The van der Waals surface area contributed by atoms with Gasteiger partial charge in [0.2, 0.25) is 5.76 Å². The Morgan fingerprint density at radius 3 is 2.81 bits per heavy atom. The second-order valence-electron chi connectivity index (χ2n) is 11.6. The van der Waals surface area contributed by atoms with Gasteiger partial charge >= 0.3 is 5.97 Å². The zero-order valence-electron chi connectivity index (χ0n) is 19.3. The Morgan fingerprint density at radius 2 is 2.00 bits per heavy atom. The summed E-state index contributed by atoms with van der Waals surface area (Å²) in [5.41, 5.74) is 2.46. The first-order valence-corrected chi connectivity index (χ1v) is 12.6. The topological polar surface area (TPSA) is 42.7 Å². The van der Waals surface area contributed by atoms with Gasteiger partial charge in [-0.05, 0) is 106 Å². The van der Waals surface area contributed by atoms with Crippen LogP contribution in [0.4, 0.5) is 0 Å². The minimum atomic E-state index is -0.316. The van der Waals surface area contributed by atoms with Crippen LogP contribution in [0.15, 0.2) is 34.5 Å². The molecule has 0 bridgehead atoms. The lowest BCUT2D eigenvalue weighted by Crippen LogP contribution is -2.51. The molecular weight excluding hydrogens is 386 g/mol. The van der Waals surface area contributed by atoms with Crippen molar-refractivity contribution in [2.75, 3.05) is 13.6 Å². The molecule has 1 spiro atoms. The Labute approximate surface area is 186 Å². The molecule has 1 aromatic heterocycles. The predicted octanol–water partition coefficient (Wildman–Crippen LogP) is 5.70. The highest BCUT2D eigenvalue weighted by atomic mass is 16.6. The van der Waals surface area contributed by atoms with Crippen LogP contribution >= 0.6 is 0 Å². The number of likely N-dealkylation sites (tertiary alicyclic amines) is 1. The first-order valence-electron chi connectivity index (χ1n) is 12.6. The number of ether oxygens (including phenoxy) is 1. The number of carbonyl (C=O) groups is 1. The molecule has 168 valence electrons. The van der Waals surface area contributed by atoms with Gasteiger partial charge in [0.25, 0.3) is 0 Å². The lowest BCUT2D eigenvalue weighted by atomic mass is 9.47. The number of allylic oxidation sites excluding steroid dienone is 1. The van der Waals surface area contributed by atoms with E-state index in [0.717, 1.165) is 49.0 Å². The average molecular weight is 424 g/mol. The monoisotopic (exact) mass is 423 g/mol. The third-order valence-electron chi connectivity index (χ3n) is 10.7. The summed E-state index contributed by atoms with van der Waals surface area (Å²) in [6, 6.07) is 4.18. The number of rotatable bonds is 2. The van der Waals surface area contributed by atoms with Crippen LogP contribution in [-0.4, -0.2) is 36.6 Å². The summed E-state index contributed by atoms with van der Waals surface area (Å²) in [7, 11) is 2.35. The van der Waals surface area contributed by atoms with Crippen molar-refractivity contribution >= 4 is 5.97 Å². The zero-order valence-corrected chi connectivity index (χ0v) is 19.3. The Balaban J connectivity index is 1.21. The molecule has 0 amide bonds. The van der Waals surface area contributed by atoms with Crippen LogP contribution in [0.2, 0.25) is 0 Å². The summed E-state index contributed by atoms with van der Waals surface area (Å²) >= 11 is 0. The van der Waals surface area contributed by atoms with Crippen LogP contribution in [0.25, 0.3) is 0 Å². The summed E-state index contributed by atoms with van der Waals surface area (Å²) in [6.45, 7) is 6.33. The number of esters is 1. The lowest BCUT2D eigenvalue weighted by Gasteiger charge is -2.58. The molecule has 3 saturated carbocycles. The molecule has 0 N–H and O–H groups in total. The molecule has 4 aliphatic carbocycles. The molecule has 4 fully saturated rings. The summed E-state index contributed by atoms with van der Waals surface area (Å²) in [5.74, 6) is 3.49. The molecule has 4 nitrogen and oxygen atoms in total. The molecule has 31 heavy (non-hydrogen) atoms. The van der Waals surface area contributed by atoms with Gasteiger partial charge in [-0.1, -0.05) is 18.6 Å². The van der Waals surface area contributed by atoms with Gasteiger partial charge in [-0.15, -0.1) is 0 Å². The second-order valence-corrected chi connectivity index (χ2v) is 11.6. The Hall–Kier alpha value is -1.55. The van der Waals surface area contributed by atoms with Gasteiger partial charge in [0, 0.05) is 19.0 Å². The highest BCUT2D eigenvalue weighted by molar-refractivity contribution is 5.86. The van der Waals surface area contributed by atoms with Gasteiger partial charge in [0.1, 0.15) is 6.10 Å². The quantitative estimate of drug-likeness (QED) is 0.452. The largest absolute Gasteiger partial charge is 0.457 e. The molecule has 0 aromatic carbocycles. The maximum Gasteiger partial charge on any atom is 0.374 e. The molecule has 1 saturated heterocycles. The molecule has 1 aliphatic heterocycles. The van der Waals surface area contributed by atoms with Crippen LogP contribution in [0.5, 0.6) is 0 Å². The molecule has 0 radical (unpaired) electrons. The van der Waals surface area contributed by atoms with E-state index in [1.54, 1.807) is 17.7 Å². The standard InChI is InChI=1S/C27H37NO3/c1-17-21-8-9-23-20-7-6-18-15-19(31-25(29)24-5-4-14-30-24)10-12-26(18,2)22(20)11-13-27(21,23)16-28(17)3/h4-6,14,17,19-23H,7-13,15-16H2,1-3H3. The average Bonchev–Trinajstić information content (AvgIpc) is 3.45. The van der Waals surface area contributed by atoms with Crippen LogP contribution in [0, 0.1) is 34.5 Å². The van der Waals surface area contributed by atoms with Crippen molar-refractivity contribution in [2.24, 2.45) is 34.5 Å². The normalized spacial score (nSPS) is 46.5. The van der Waals surface area contributed by atoms with E-state index < -0.39 is 0 Å². The highest BCUT2D eigenvalue weighted by Crippen LogP contribution is 2.68. The number of furan rings is 1. The third kappa shape index (κ3) is 2.79. The van der Waals surface area contributed by atoms with E-state index in [1.807, 2.05) is 0 Å². The predicted molar refractivity (Wildman–Crippen MR) is 120 cm³/mol. The molecule has 4 heteroatoms. The van der Waals surface area contributed by atoms with Crippen molar-refractivity contribution in [3.8, 4) is 0 Å². The van der Waals surface area contributed by atoms with Gasteiger partial charge in [0.05, 0.1) is 6.26 Å². The molecule has 1 aromatic rings. The Kier molecular flexibility index (Phi) is 4.52. The number of hydrogen-bond acceptors (Lipinski definition) is 4. The lowest BCUT2D eigenvalue weighted by molar-refractivity contribution is -0.0511. The summed E-state index contributed by atoms with van der Waals surface area (Å²) in [4.78, 5) is 15.0. The molecule has 6 rings (SSSR count). The molecule has 5 aliphatic rings. The van der Waals surface area contributed by atoms with Crippen molar-refractivity contribution < 1.29 is 13.9 Å². The molecule has 8 unspecified atom stereocenters. The van der Waals surface area contributed by atoms with E-state index in [2.05, 4.69) is 31.9 Å². The number of nitrogens with zero attached hydrogens (tertiary/aromatic N) is 1. The van der Waals surface area contributed by atoms with E-state index in [9.17, 15) is 4.79 Å². The van der Waals surface area contributed by atoms with Crippen LogP contribution in [-0.2, 0) is 4.74 Å². The molecule has 8 atom stereocenters. The van der Waals surface area contributed by atoms with Gasteiger partial charge in [-0.3, -0.25) is 0 Å². The van der Waals surface area contributed by atoms with Gasteiger partial charge < -0.3 is 14.1 Å². The van der Waals surface area contributed by atoms with Crippen LogP contribution in [0.1, 0.15) is 75.8 Å². The minimum Gasteiger partial charge on any atom is -0.457 e. The first kappa shape index (κ1) is 20.1. The number of carbonyl (C=O) groups excluding carboxylic acids is 1. The van der Waals surface area contributed by atoms with E-state index in [-0.39, 0.29) is 12.1 Å². The van der Waals surface area contributed by atoms with Crippen molar-refractivity contribution in [3.63, 3.8) is 0 Å². The van der Waals surface area contributed by atoms with E-state index in [1.165, 1.54) is 44.9 Å². The zero-order chi connectivity index (χ0) is 21.4. The van der Waals surface area contributed by atoms with Crippen molar-refractivity contribution in [1.29, 1.82) is 0 Å². The van der Waals surface area contributed by atoms with E-state index in [4.69, 9.17) is 9.15 Å².